The molecule has 0 bridgehead atoms. The minimum Gasteiger partial charge on any atom is -0.480 e. The Hall–Kier alpha value is -2.83. The number of carbonyl (C=O) groups is 2. The number of hydrogen-bond donors (Lipinski definition) is 3. The van der Waals surface area contributed by atoms with Crippen molar-refractivity contribution in [2.24, 2.45) is 0 Å². The zero-order chi connectivity index (χ0) is 15.2. The predicted molar refractivity (Wildman–Crippen MR) is 75.9 cm³/mol. The van der Waals surface area contributed by atoms with E-state index in [4.69, 9.17) is 4.74 Å². The minimum absolute atomic E-state index is 0.0230. The van der Waals surface area contributed by atoms with E-state index in [1.165, 1.54) is 6.08 Å². The van der Waals surface area contributed by atoms with Crippen molar-refractivity contribution in [3.05, 3.63) is 42.7 Å². The fraction of sp³-hybridized carbons (Fsp3) is 0.214. The standard InChI is InChI=1S/C14H15N3O4/c1-2-6-21-14(20)17-11(13(18)19)7-9-8-16-12-10(9)4-3-5-15-12/h2-5,8,11H,1,6-7H2,(H,15,16)(H,17,20)(H,18,19). The highest BCUT2D eigenvalue weighted by atomic mass is 16.5. The molecule has 0 spiro atoms. The third-order valence-electron chi connectivity index (χ3n) is 2.88. The highest BCUT2D eigenvalue weighted by molar-refractivity contribution is 5.83. The van der Waals surface area contributed by atoms with Crippen LogP contribution in [0.15, 0.2) is 37.2 Å². The third kappa shape index (κ3) is 3.59. The number of ether oxygens (including phenoxy) is 1. The van der Waals surface area contributed by atoms with E-state index in [1.807, 2.05) is 6.07 Å². The maximum absolute atomic E-state index is 11.4. The Morgan fingerprint density at radius 3 is 3.10 bits per heavy atom. The molecule has 0 aliphatic rings. The summed E-state index contributed by atoms with van der Waals surface area (Å²) in [6.45, 7) is 3.43. The molecule has 1 amide bonds. The lowest BCUT2D eigenvalue weighted by Crippen LogP contribution is -2.42. The largest absolute Gasteiger partial charge is 0.480 e. The summed E-state index contributed by atoms with van der Waals surface area (Å²) in [5, 5.41) is 12.3. The molecule has 1 unspecified atom stereocenters. The molecule has 0 saturated carbocycles. The van der Waals surface area contributed by atoms with Gasteiger partial charge in [0.2, 0.25) is 0 Å². The summed E-state index contributed by atoms with van der Waals surface area (Å²) < 4.78 is 4.73. The lowest BCUT2D eigenvalue weighted by atomic mass is 10.1. The van der Waals surface area contributed by atoms with Crippen molar-refractivity contribution in [1.82, 2.24) is 15.3 Å². The number of fused-ring (bicyclic) bond motifs is 1. The van der Waals surface area contributed by atoms with Gasteiger partial charge in [0.25, 0.3) is 0 Å². The molecule has 3 N–H and O–H groups in total. The second-order valence-corrected chi connectivity index (χ2v) is 4.34. The molecular formula is C14H15N3O4. The van der Waals surface area contributed by atoms with Gasteiger partial charge in [0.15, 0.2) is 0 Å². The number of carboxylic acid groups (broad SMARTS) is 1. The van der Waals surface area contributed by atoms with Crippen LogP contribution in [0.2, 0.25) is 0 Å². The molecule has 7 heteroatoms. The van der Waals surface area contributed by atoms with Crippen LogP contribution in [-0.2, 0) is 16.0 Å². The van der Waals surface area contributed by atoms with Crippen molar-refractivity contribution in [3.63, 3.8) is 0 Å². The van der Waals surface area contributed by atoms with E-state index in [9.17, 15) is 14.7 Å². The zero-order valence-electron chi connectivity index (χ0n) is 11.2. The Balaban J connectivity index is 2.11. The number of pyridine rings is 1. The number of alkyl carbamates (subject to hydrolysis) is 1. The number of hydrogen-bond acceptors (Lipinski definition) is 4. The molecule has 2 aromatic heterocycles. The Morgan fingerprint density at radius 1 is 1.57 bits per heavy atom. The predicted octanol–water partition coefficient (Wildman–Crippen LogP) is 1.47. The number of aromatic nitrogens is 2. The fourth-order valence-electron chi connectivity index (χ4n) is 1.92. The number of nitrogens with one attached hydrogen (secondary N) is 2. The molecule has 0 saturated heterocycles. The monoisotopic (exact) mass is 289 g/mol. The molecule has 2 heterocycles. The lowest BCUT2D eigenvalue weighted by molar-refractivity contribution is -0.139. The third-order valence-corrected chi connectivity index (χ3v) is 2.88. The highest BCUT2D eigenvalue weighted by Gasteiger charge is 2.22. The number of aliphatic carboxylic acids is 1. The van der Waals surface area contributed by atoms with Crippen molar-refractivity contribution in [2.75, 3.05) is 6.61 Å². The van der Waals surface area contributed by atoms with Crippen molar-refractivity contribution in [2.45, 2.75) is 12.5 Å². The van der Waals surface area contributed by atoms with Gasteiger partial charge in [0, 0.05) is 24.2 Å². The van der Waals surface area contributed by atoms with Gasteiger partial charge >= 0.3 is 12.1 Å². The Kier molecular flexibility index (Phi) is 4.55. The SMILES string of the molecule is C=CCOC(=O)NC(Cc1c[nH]c2ncccc12)C(=O)O. The smallest absolute Gasteiger partial charge is 0.408 e. The Morgan fingerprint density at radius 2 is 2.38 bits per heavy atom. The quantitative estimate of drug-likeness (QED) is 0.698. The summed E-state index contributed by atoms with van der Waals surface area (Å²) in [6, 6.07) is 2.52. The number of carboxylic acids is 1. The lowest BCUT2D eigenvalue weighted by Gasteiger charge is -2.13. The molecule has 110 valence electrons. The van der Waals surface area contributed by atoms with Crippen LogP contribution < -0.4 is 5.32 Å². The average Bonchev–Trinajstić information content (AvgIpc) is 2.87. The number of amides is 1. The molecule has 0 aliphatic heterocycles. The van der Waals surface area contributed by atoms with E-state index in [-0.39, 0.29) is 13.0 Å². The van der Waals surface area contributed by atoms with Gasteiger partial charge in [-0.25, -0.2) is 14.6 Å². The van der Waals surface area contributed by atoms with Crippen LogP contribution in [-0.4, -0.2) is 39.8 Å². The van der Waals surface area contributed by atoms with Crippen molar-refractivity contribution < 1.29 is 19.4 Å². The minimum atomic E-state index is -1.14. The summed E-state index contributed by atoms with van der Waals surface area (Å²) in [5.74, 6) is -1.14. The summed E-state index contributed by atoms with van der Waals surface area (Å²) in [5.41, 5.74) is 1.43. The normalized spacial score (nSPS) is 11.8. The van der Waals surface area contributed by atoms with E-state index in [2.05, 4.69) is 21.9 Å². The molecule has 2 rings (SSSR count). The second-order valence-electron chi connectivity index (χ2n) is 4.34. The first-order chi connectivity index (χ1) is 10.1. The van der Waals surface area contributed by atoms with E-state index in [0.29, 0.717) is 5.65 Å². The topological polar surface area (TPSA) is 104 Å². The van der Waals surface area contributed by atoms with Gasteiger partial charge in [0.05, 0.1) is 0 Å². The van der Waals surface area contributed by atoms with Gasteiger partial charge in [-0.15, -0.1) is 0 Å². The molecule has 7 nitrogen and oxygen atoms in total. The maximum Gasteiger partial charge on any atom is 0.408 e. The first-order valence-corrected chi connectivity index (χ1v) is 6.29. The van der Waals surface area contributed by atoms with Gasteiger partial charge in [-0.1, -0.05) is 12.7 Å². The van der Waals surface area contributed by atoms with Gasteiger partial charge in [-0.2, -0.15) is 0 Å². The number of carbonyl (C=O) groups excluding carboxylic acids is 1. The molecule has 2 aromatic rings. The van der Waals surface area contributed by atoms with Crippen LogP contribution in [0.4, 0.5) is 4.79 Å². The number of aromatic amines is 1. The summed E-state index contributed by atoms with van der Waals surface area (Å²) in [4.78, 5) is 29.8. The fourth-order valence-corrected chi connectivity index (χ4v) is 1.92. The number of H-pyrrole nitrogens is 1. The van der Waals surface area contributed by atoms with E-state index >= 15 is 0 Å². The Bertz CT molecular complexity index is 665. The molecular weight excluding hydrogens is 274 g/mol. The molecule has 0 radical (unpaired) electrons. The number of rotatable bonds is 6. The molecule has 21 heavy (non-hydrogen) atoms. The van der Waals surface area contributed by atoms with Crippen LogP contribution in [0.5, 0.6) is 0 Å². The summed E-state index contributed by atoms with van der Waals surface area (Å²) in [6.07, 6.45) is 4.07. The van der Waals surface area contributed by atoms with Crippen molar-refractivity contribution >= 4 is 23.1 Å². The van der Waals surface area contributed by atoms with Crippen LogP contribution in [0.25, 0.3) is 11.0 Å². The molecule has 0 aliphatic carbocycles. The molecule has 0 aromatic carbocycles. The average molecular weight is 289 g/mol. The van der Waals surface area contributed by atoms with E-state index < -0.39 is 18.1 Å². The van der Waals surface area contributed by atoms with Crippen LogP contribution >= 0.6 is 0 Å². The van der Waals surface area contributed by atoms with Crippen LogP contribution in [0.3, 0.4) is 0 Å². The van der Waals surface area contributed by atoms with Crippen molar-refractivity contribution in [1.29, 1.82) is 0 Å². The van der Waals surface area contributed by atoms with E-state index in [1.54, 1.807) is 18.5 Å². The number of nitrogens with zero attached hydrogens (tertiary/aromatic N) is 1. The van der Waals surface area contributed by atoms with E-state index in [0.717, 1.165) is 10.9 Å². The van der Waals surface area contributed by atoms with Crippen molar-refractivity contribution in [3.8, 4) is 0 Å². The zero-order valence-corrected chi connectivity index (χ0v) is 11.2. The van der Waals surface area contributed by atoms with Gasteiger partial charge in [0.1, 0.15) is 18.3 Å². The van der Waals surface area contributed by atoms with Crippen LogP contribution in [0.1, 0.15) is 5.56 Å². The molecule has 1 atom stereocenters. The summed E-state index contributed by atoms with van der Waals surface area (Å²) >= 11 is 0. The highest BCUT2D eigenvalue weighted by Crippen LogP contribution is 2.17. The summed E-state index contributed by atoms with van der Waals surface area (Å²) in [7, 11) is 0. The maximum atomic E-state index is 11.4. The van der Waals surface area contributed by atoms with Crippen LogP contribution in [0, 0.1) is 0 Å². The first-order valence-electron chi connectivity index (χ1n) is 6.29. The molecule has 0 fully saturated rings. The Labute approximate surface area is 120 Å². The second kappa shape index (κ2) is 6.56. The van der Waals surface area contributed by atoms with Gasteiger partial charge in [-0.3, -0.25) is 0 Å². The van der Waals surface area contributed by atoms with Gasteiger partial charge < -0.3 is 20.1 Å². The van der Waals surface area contributed by atoms with Gasteiger partial charge in [-0.05, 0) is 17.7 Å². The first kappa shape index (κ1) is 14.6.